The van der Waals surface area contributed by atoms with Gasteiger partial charge in [-0.15, -0.1) is 0 Å². The number of aryl methyl sites for hydroxylation is 1. The number of benzene rings is 2. The lowest BCUT2D eigenvalue weighted by Crippen LogP contribution is -2.33. The van der Waals surface area contributed by atoms with Crippen molar-refractivity contribution >= 4 is 5.91 Å². The van der Waals surface area contributed by atoms with E-state index in [4.69, 9.17) is 9.47 Å². The molecule has 2 aromatic carbocycles. The number of rotatable bonds is 10. The van der Waals surface area contributed by atoms with Crippen molar-refractivity contribution < 1.29 is 14.3 Å². The summed E-state index contributed by atoms with van der Waals surface area (Å²) in [6.07, 6.45) is 1.96. The molecule has 0 aromatic heterocycles. The topological polar surface area (TPSA) is 47.6 Å². The van der Waals surface area contributed by atoms with Crippen molar-refractivity contribution in [3.05, 3.63) is 65.2 Å². The molecule has 4 nitrogen and oxygen atoms in total. The minimum atomic E-state index is -0.0654. The zero-order chi connectivity index (χ0) is 19.6. The molecule has 4 heteroatoms. The van der Waals surface area contributed by atoms with Crippen LogP contribution >= 0.6 is 0 Å². The van der Waals surface area contributed by atoms with Crippen LogP contribution in [0.15, 0.2) is 48.5 Å². The normalized spacial score (nSPS) is 12.0. The van der Waals surface area contributed by atoms with Gasteiger partial charge in [-0.2, -0.15) is 0 Å². The van der Waals surface area contributed by atoms with Crippen molar-refractivity contribution in [3.8, 4) is 5.75 Å². The minimum Gasteiger partial charge on any atom is -0.494 e. The van der Waals surface area contributed by atoms with Gasteiger partial charge < -0.3 is 14.8 Å². The van der Waals surface area contributed by atoms with E-state index in [-0.39, 0.29) is 18.1 Å². The molecule has 0 aliphatic rings. The van der Waals surface area contributed by atoms with Crippen molar-refractivity contribution in [2.24, 2.45) is 0 Å². The van der Waals surface area contributed by atoms with E-state index in [1.807, 2.05) is 64.1 Å². The first-order valence-electron chi connectivity index (χ1n) is 9.71. The summed E-state index contributed by atoms with van der Waals surface area (Å²) in [4.78, 5) is 12.6. The Balaban J connectivity index is 1.98. The smallest absolute Gasteiger partial charge is 0.251 e. The van der Waals surface area contributed by atoms with Crippen LogP contribution in [0.25, 0.3) is 0 Å². The third kappa shape index (κ3) is 7.06. The highest BCUT2D eigenvalue weighted by atomic mass is 16.5. The van der Waals surface area contributed by atoms with Crippen LogP contribution < -0.4 is 10.1 Å². The highest BCUT2D eigenvalue weighted by Gasteiger charge is 2.13. The quantitative estimate of drug-likeness (QED) is 0.657. The number of carbonyl (C=O) groups excluding carboxylic acids is 1. The van der Waals surface area contributed by atoms with Gasteiger partial charge in [0.1, 0.15) is 5.75 Å². The lowest BCUT2D eigenvalue weighted by molar-refractivity contribution is 0.0641. The molecule has 2 rings (SSSR count). The zero-order valence-electron chi connectivity index (χ0n) is 16.8. The van der Waals surface area contributed by atoms with Crippen molar-refractivity contribution in [3.63, 3.8) is 0 Å². The zero-order valence-corrected chi connectivity index (χ0v) is 16.8. The van der Waals surface area contributed by atoms with E-state index >= 15 is 0 Å². The number of ether oxygens (including phenoxy) is 2. The lowest BCUT2D eigenvalue weighted by atomic mass is 10.1. The van der Waals surface area contributed by atoms with Gasteiger partial charge in [0.25, 0.3) is 5.91 Å². The second-order valence-corrected chi connectivity index (χ2v) is 7.01. The van der Waals surface area contributed by atoms with E-state index in [1.165, 1.54) is 5.56 Å². The molecule has 1 N–H and O–H groups in total. The van der Waals surface area contributed by atoms with Crippen LogP contribution in [0.3, 0.4) is 0 Å². The number of hydrogen-bond donors (Lipinski definition) is 1. The average Bonchev–Trinajstić information content (AvgIpc) is 2.66. The third-order valence-electron chi connectivity index (χ3n) is 4.28. The van der Waals surface area contributed by atoms with E-state index < -0.39 is 0 Å². The van der Waals surface area contributed by atoms with Gasteiger partial charge in [-0.1, -0.05) is 30.3 Å². The van der Waals surface area contributed by atoms with Gasteiger partial charge in [0.15, 0.2) is 0 Å². The fraction of sp³-hybridized carbons (Fsp3) is 0.435. The highest BCUT2D eigenvalue weighted by molar-refractivity contribution is 5.94. The molecule has 0 aliphatic carbocycles. The summed E-state index contributed by atoms with van der Waals surface area (Å²) in [5.74, 6) is 0.705. The second kappa shape index (κ2) is 10.7. The molecule has 1 amide bonds. The molecule has 2 aromatic rings. The van der Waals surface area contributed by atoms with E-state index in [2.05, 4.69) is 17.4 Å². The molecule has 0 bridgehead atoms. The monoisotopic (exact) mass is 369 g/mol. The predicted octanol–water partition coefficient (Wildman–Crippen LogP) is 4.76. The summed E-state index contributed by atoms with van der Waals surface area (Å²) in [5.41, 5.74) is 2.82. The fourth-order valence-corrected chi connectivity index (χ4v) is 2.79. The van der Waals surface area contributed by atoms with Gasteiger partial charge in [-0.05, 0) is 64.3 Å². The fourth-order valence-electron chi connectivity index (χ4n) is 2.79. The Kier molecular flexibility index (Phi) is 8.34. The van der Waals surface area contributed by atoms with Crippen LogP contribution in [0.1, 0.15) is 55.6 Å². The summed E-state index contributed by atoms with van der Waals surface area (Å²) in [7, 11) is 0. The van der Waals surface area contributed by atoms with E-state index in [1.54, 1.807) is 0 Å². The summed E-state index contributed by atoms with van der Waals surface area (Å²) in [6, 6.07) is 15.9. The van der Waals surface area contributed by atoms with E-state index in [9.17, 15) is 4.79 Å². The molecule has 0 heterocycles. The summed E-state index contributed by atoms with van der Waals surface area (Å²) in [6.45, 7) is 8.98. The first-order valence-corrected chi connectivity index (χ1v) is 9.71. The summed E-state index contributed by atoms with van der Waals surface area (Å²) < 4.78 is 11.4. The molecular weight excluding hydrogens is 338 g/mol. The van der Waals surface area contributed by atoms with Crippen LogP contribution in [0, 0.1) is 0 Å². The van der Waals surface area contributed by atoms with Crippen molar-refractivity contribution in [2.75, 3.05) is 6.61 Å². The predicted molar refractivity (Wildman–Crippen MR) is 109 cm³/mol. The van der Waals surface area contributed by atoms with Crippen LogP contribution in [0.5, 0.6) is 5.75 Å². The van der Waals surface area contributed by atoms with Gasteiger partial charge >= 0.3 is 0 Å². The maximum atomic E-state index is 12.6. The van der Waals surface area contributed by atoms with Gasteiger partial charge in [-0.25, -0.2) is 0 Å². The summed E-state index contributed by atoms with van der Waals surface area (Å²) in [5, 5.41) is 3.09. The largest absolute Gasteiger partial charge is 0.494 e. The van der Waals surface area contributed by atoms with Crippen LogP contribution in [0.2, 0.25) is 0 Å². The Bertz CT molecular complexity index is 713. The standard InChI is InChI=1S/C23H31NO3/c1-5-26-22-14-13-20(15-21(22)16-27-17(2)3)23(25)24-18(4)11-12-19-9-7-6-8-10-19/h6-10,13-15,17-18H,5,11-12,16H2,1-4H3,(H,24,25)/t18-/m1/s1. The summed E-state index contributed by atoms with van der Waals surface area (Å²) >= 11 is 0. The van der Waals surface area contributed by atoms with Gasteiger partial charge in [-0.3, -0.25) is 4.79 Å². The molecule has 27 heavy (non-hydrogen) atoms. The Labute approximate surface area is 162 Å². The maximum absolute atomic E-state index is 12.6. The number of amides is 1. The molecule has 0 unspecified atom stereocenters. The van der Waals surface area contributed by atoms with Crippen molar-refractivity contribution in [1.29, 1.82) is 0 Å². The second-order valence-electron chi connectivity index (χ2n) is 7.01. The molecule has 0 aliphatic heterocycles. The maximum Gasteiger partial charge on any atom is 0.251 e. The van der Waals surface area contributed by atoms with Gasteiger partial charge in [0, 0.05) is 17.2 Å². The van der Waals surface area contributed by atoms with Gasteiger partial charge in [0.05, 0.1) is 19.3 Å². The van der Waals surface area contributed by atoms with Crippen molar-refractivity contribution in [2.45, 2.75) is 59.3 Å². The average molecular weight is 370 g/mol. The van der Waals surface area contributed by atoms with E-state index in [0.717, 1.165) is 24.2 Å². The Morgan fingerprint density at radius 3 is 2.48 bits per heavy atom. The number of carbonyl (C=O) groups is 1. The number of nitrogens with one attached hydrogen (secondary N) is 1. The molecule has 0 saturated carbocycles. The Morgan fingerprint density at radius 1 is 1.07 bits per heavy atom. The third-order valence-corrected chi connectivity index (χ3v) is 4.28. The van der Waals surface area contributed by atoms with Gasteiger partial charge in [0.2, 0.25) is 0 Å². The molecule has 146 valence electrons. The molecule has 0 spiro atoms. The Hall–Kier alpha value is -2.33. The Morgan fingerprint density at radius 2 is 1.81 bits per heavy atom. The first kappa shape index (κ1) is 21.0. The van der Waals surface area contributed by atoms with Crippen LogP contribution in [0.4, 0.5) is 0 Å². The molecule has 0 saturated heterocycles. The number of hydrogen-bond acceptors (Lipinski definition) is 3. The molecule has 1 atom stereocenters. The first-order chi connectivity index (χ1) is 13.0. The minimum absolute atomic E-state index is 0.0654. The van der Waals surface area contributed by atoms with E-state index in [0.29, 0.717) is 18.8 Å². The lowest BCUT2D eigenvalue weighted by Gasteiger charge is -2.16. The molecule has 0 fully saturated rings. The molecule has 0 radical (unpaired) electrons. The van der Waals surface area contributed by atoms with Crippen molar-refractivity contribution in [1.82, 2.24) is 5.32 Å². The SMILES string of the molecule is CCOc1ccc(C(=O)N[C@H](C)CCc2ccccc2)cc1COC(C)C. The highest BCUT2D eigenvalue weighted by Crippen LogP contribution is 2.22. The molecular formula is C23H31NO3. The van der Waals surface area contributed by atoms with Crippen LogP contribution in [-0.2, 0) is 17.8 Å². The van der Waals surface area contributed by atoms with Crippen LogP contribution in [-0.4, -0.2) is 24.7 Å².